The van der Waals surface area contributed by atoms with Crippen LogP contribution in [-0.2, 0) is 11.3 Å². The molecule has 1 N–H and O–H groups in total. The summed E-state index contributed by atoms with van der Waals surface area (Å²) < 4.78 is 5.58. The third-order valence-electron chi connectivity index (χ3n) is 4.82. The highest BCUT2D eigenvalue weighted by atomic mass is 16.6. The molecule has 2 aliphatic rings. The maximum absolute atomic E-state index is 12.5. The Labute approximate surface area is 137 Å². The van der Waals surface area contributed by atoms with Crippen LogP contribution in [0.15, 0.2) is 18.3 Å². The molecule has 1 aromatic heterocycles. The Balaban J connectivity index is 1.70. The van der Waals surface area contributed by atoms with Crippen molar-refractivity contribution in [2.45, 2.75) is 76.7 Å². The summed E-state index contributed by atoms with van der Waals surface area (Å²) in [7, 11) is 0. The van der Waals surface area contributed by atoms with Crippen molar-refractivity contribution in [2.24, 2.45) is 0 Å². The largest absolute Gasteiger partial charge is 0.444 e. The number of piperidine rings is 1. The minimum Gasteiger partial charge on any atom is -0.444 e. The molecule has 3 rings (SSSR count). The number of amides is 1. The molecule has 23 heavy (non-hydrogen) atoms. The van der Waals surface area contributed by atoms with E-state index in [2.05, 4.69) is 11.1 Å². The number of aliphatic hydroxyl groups is 1. The lowest BCUT2D eigenvalue weighted by atomic mass is 9.86. The monoisotopic (exact) mass is 318 g/mol. The highest BCUT2D eigenvalue weighted by Gasteiger charge is 2.45. The van der Waals surface area contributed by atoms with E-state index in [9.17, 15) is 4.79 Å². The van der Waals surface area contributed by atoms with Crippen molar-refractivity contribution < 1.29 is 14.6 Å². The Morgan fingerprint density at radius 2 is 1.96 bits per heavy atom. The molecule has 0 radical (unpaired) electrons. The molecular formula is C18H26N2O3. The lowest BCUT2D eigenvalue weighted by Crippen LogP contribution is -2.48. The smallest absolute Gasteiger partial charge is 0.410 e. The number of rotatable bonds is 2. The van der Waals surface area contributed by atoms with Crippen LogP contribution in [0, 0.1) is 0 Å². The lowest BCUT2D eigenvalue weighted by Gasteiger charge is -2.39. The average molecular weight is 318 g/mol. The number of hydrogen-bond acceptors (Lipinski definition) is 4. The normalized spacial score (nSPS) is 27.1. The number of hydrogen-bond donors (Lipinski definition) is 1. The summed E-state index contributed by atoms with van der Waals surface area (Å²) in [4.78, 5) is 18.7. The number of pyridine rings is 1. The number of ether oxygens (including phenoxy) is 1. The van der Waals surface area contributed by atoms with Crippen LogP contribution in [0.3, 0.4) is 0 Å². The zero-order valence-electron chi connectivity index (χ0n) is 14.2. The van der Waals surface area contributed by atoms with E-state index < -0.39 is 5.60 Å². The van der Waals surface area contributed by atoms with Gasteiger partial charge in [-0.15, -0.1) is 0 Å². The van der Waals surface area contributed by atoms with Crippen LogP contribution in [0.25, 0.3) is 0 Å². The molecule has 2 fully saturated rings. The van der Waals surface area contributed by atoms with E-state index >= 15 is 0 Å². The summed E-state index contributed by atoms with van der Waals surface area (Å²) in [5, 5.41) is 9.10. The molecule has 2 bridgehead atoms. The van der Waals surface area contributed by atoms with Crippen LogP contribution in [0.1, 0.15) is 63.6 Å². The minimum absolute atomic E-state index is 0.0252. The average Bonchev–Trinajstić information content (AvgIpc) is 2.76. The Morgan fingerprint density at radius 3 is 2.43 bits per heavy atom. The molecule has 0 saturated carbocycles. The number of aliphatic hydroxyl groups excluding tert-OH is 1. The molecule has 0 aliphatic carbocycles. The third kappa shape index (κ3) is 3.50. The van der Waals surface area contributed by atoms with E-state index in [0.717, 1.165) is 25.7 Å². The second kappa shape index (κ2) is 6.11. The zero-order valence-corrected chi connectivity index (χ0v) is 14.2. The maximum atomic E-state index is 12.5. The van der Waals surface area contributed by atoms with Crippen molar-refractivity contribution in [2.75, 3.05) is 0 Å². The number of nitrogens with zero attached hydrogens (tertiary/aromatic N) is 2. The molecule has 5 nitrogen and oxygen atoms in total. The topological polar surface area (TPSA) is 62.7 Å². The van der Waals surface area contributed by atoms with Gasteiger partial charge in [-0.3, -0.25) is 4.98 Å². The second-order valence-electron chi connectivity index (χ2n) is 7.68. The van der Waals surface area contributed by atoms with Gasteiger partial charge in [0.25, 0.3) is 0 Å². The number of carbonyl (C=O) groups excluding carboxylic acids is 1. The van der Waals surface area contributed by atoms with Crippen molar-refractivity contribution in [3.8, 4) is 0 Å². The fraction of sp³-hybridized carbons (Fsp3) is 0.667. The molecule has 2 saturated heterocycles. The van der Waals surface area contributed by atoms with Gasteiger partial charge in [0.15, 0.2) is 0 Å². The first kappa shape index (κ1) is 16.2. The van der Waals surface area contributed by atoms with Crippen molar-refractivity contribution in [1.29, 1.82) is 0 Å². The summed E-state index contributed by atoms with van der Waals surface area (Å²) in [5.74, 6) is 0.437. The second-order valence-corrected chi connectivity index (χ2v) is 7.68. The summed E-state index contributed by atoms with van der Waals surface area (Å²) in [6.45, 7) is 5.71. The third-order valence-corrected chi connectivity index (χ3v) is 4.82. The summed E-state index contributed by atoms with van der Waals surface area (Å²) >= 11 is 0. The van der Waals surface area contributed by atoms with E-state index in [1.54, 1.807) is 0 Å². The van der Waals surface area contributed by atoms with Crippen LogP contribution in [0.2, 0.25) is 0 Å². The Bertz CT molecular complexity index is 551. The molecule has 0 spiro atoms. The molecule has 2 aliphatic heterocycles. The SMILES string of the molecule is CC(C)(C)OC(=O)N1C2CCC1CC(c1ccc(CO)nc1)C2. The van der Waals surface area contributed by atoms with E-state index in [1.807, 2.05) is 37.9 Å². The maximum Gasteiger partial charge on any atom is 0.410 e. The summed E-state index contributed by atoms with van der Waals surface area (Å²) in [6.07, 6.45) is 5.76. The molecule has 3 heterocycles. The highest BCUT2D eigenvalue weighted by Crippen LogP contribution is 2.43. The van der Waals surface area contributed by atoms with E-state index in [4.69, 9.17) is 9.84 Å². The zero-order chi connectivity index (χ0) is 16.6. The van der Waals surface area contributed by atoms with Gasteiger partial charge < -0.3 is 14.7 Å². The molecule has 2 atom stereocenters. The van der Waals surface area contributed by atoms with Gasteiger partial charge in [0.05, 0.1) is 12.3 Å². The minimum atomic E-state index is -0.447. The molecular weight excluding hydrogens is 292 g/mol. The van der Waals surface area contributed by atoms with Crippen LogP contribution in [-0.4, -0.2) is 38.8 Å². The predicted octanol–water partition coefficient (Wildman–Crippen LogP) is 3.22. The Kier molecular flexibility index (Phi) is 4.32. The van der Waals surface area contributed by atoms with Gasteiger partial charge in [-0.05, 0) is 64.0 Å². The van der Waals surface area contributed by atoms with E-state index in [-0.39, 0.29) is 24.8 Å². The van der Waals surface area contributed by atoms with Gasteiger partial charge >= 0.3 is 6.09 Å². The first-order valence-corrected chi connectivity index (χ1v) is 8.44. The molecule has 5 heteroatoms. The Hall–Kier alpha value is -1.62. The van der Waals surface area contributed by atoms with Gasteiger partial charge in [0, 0.05) is 18.3 Å². The van der Waals surface area contributed by atoms with Gasteiger partial charge in [-0.1, -0.05) is 6.07 Å². The quantitative estimate of drug-likeness (QED) is 0.909. The van der Waals surface area contributed by atoms with Gasteiger partial charge in [0.1, 0.15) is 5.60 Å². The fourth-order valence-corrected chi connectivity index (χ4v) is 3.83. The molecule has 1 aromatic rings. The van der Waals surface area contributed by atoms with Crippen LogP contribution in [0.5, 0.6) is 0 Å². The number of aromatic nitrogens is 1. The van der Waals surface area contributed by atoms with Crippen molar-refractivity contribution in [3.63, 3.8) is 0 Å². The van der Waals surface area contributed by atoms with Gasteiger partial charge in [0.2, 0.25) is 0 Å². The van der Waals surface area contributed by atoms with Crippen LogP contribution < -0.4 is 0 Å². The first-order chi connectivity index (χ1) is 10.9. The number of carbonyl (C=O) groups is 1. The molecule has 126 valence electrons. The predicted molar refractivity (Wildman–Crippen MR) is 87.0 cm³/mol. The molecule has 2 unspecified atom stereocenters. The van der Waals surface area contributed by atoms with Crippen molar-refractivity contribution in [1.82, 2.24) is 9.88 Å². The number of fused-ring (bicyclic) bond motifs is 2. The Morgan fingerprint density at radius 1 is 1.30 bits per heavy atom. The molecule has 0 aromatic carbocycles. The van der Waals surface area contributed by atoms with Crippen molar-refractivity contribution in [3.05, 3.63) is 29.6 Å². The van der Waals surface area contributed by atoms with Crippen LogP contribution >= 0.6 is 0 Å². The van der Waals surface area contributed by atoms with Gasteiger partial charge in [-0.2, -0.15) is 0 Å². The fourth-order valence-electron chi connectivity index (χ4n) is 3.83. The first-order valence-electron chi connectivity index (χ1n) is 8.44. The van der Waals surface area contributed by atoms with Gasteiger partial charge in [-0.25, -0.2) is 4.79 Å². The summed E-state index contributed by atoms with van der Waals surface area (Å²) in [6, 6.07) is 4.49. The lowest BCUT2D eigenvalue weighted by molar-refractivity contribution is 0.00583. The summed E-state index contributed by atoms with van der Waals surface area (Å²) in [5.41, 5.74) is 1.46. The van der Waals surface area contributed by atoms with Crippen molar-refractivity contribution >= 4 is 6.09 Å². The highest BCUT2D eigenvalue weighted by molar-refractivity contribution is 5.69. The van der Waals surface area contributed by atoms with Crippen LogP contribution in [0.4, 0.5) is 4.79 Å². The van der Waals surface area contributed by atoms with E-state index in [0.29, 0.717) is 11.6 Å². The molecule has 1 amide bonds. The van der Waals surface area contributed by atoms with E-state index in [1.165, 1.54) is 5.56 Å². The standard InChI is InChI=1S/C18H26N2O3/c1-18(2,3)23-17(22)20-15-6-7-16(20)9-13(8-15)12-4-5-14(11-21)19-10-12/h4-5,10,13,15-16,21H,6-9,11H2,1-3H3.